The third-order valence-electron chi connectivity index (χ3n) is 5.70. The maximum Gasteiger partial charge on any atom is 0.150 e. The number of hydrogen-bond donors (Lipinski definition) is 2. The maximum absolute atomic E-state index is 14.4. The van der Waals surface area contributed by atoms with Gasteiger partial charge in [0.05, 0.1) is 32.8 Å². The number of aromatic nitrogens is 5. The highest BCUT2D eigenvalue weighted by Crippen LogP contribution is 2.37. The van der Waals surface area contributed by atoms with Crippen LogP contribution in [-0.2, 0) is 7.05 Å². The summed E-state index contributed by atoms with van der Waals surface area (Å²) in [6.45, 7) is 0.722. The Bertz CT molecular complexity index is 1470. The molecule has 0 unspecified atom stereocenters. The number of halogens is 1. The Labute approximate surface area is 192 Å². The van der Waals surface area contributed by atoms with E-state index in [1.54, 1.807) is 22.2 Å². The molecule has 2 aromatic carbocycles. The van der Waals surface area contributed by atoms with E-state index in [2.05, 4.69) is 30.7 Å². The highest BCUT2D eigenvalue weighted by atomic mass is 32.1. The number of benzene rings is 2. The van der Waals surface area contributed by atoms with E-state index in [0.29, 0.717) is 29.0 Å². The van der Waals surface area contributed by atoms with Crippen LogP contribution in [0.4, 0.5) is 15.9 Å². The van der Waals surface area contributed by atoms with Crippen molar-refractivity contribution in [3.8, 4) is 16.9 Å². The Kier molecular flexibility index (Phi) is 4.88. The quantitative estimate of drug-likeness (QED) is 0.408. The molecule has 10 heteroatoms. The molecule has 2 N–H and O–H groups in total. The van der Waals surface area contributed by atoms with Crippen LogP contribution in [0.3, 0.4) is 0 Å². The van der Waals surface area contributed by atoms with Gasteiger partial charge in [0.25, 0.3) is 0 Å². The van der Waals surface area contributed by atoms with Gasteiger partial charge in [0.15, 0.2) is 6.17 Å². The second kappa shape index (κ2) is 8.05. The summed E-state index contributed by atoms with van der Waals surface area (Å²) in [5.74, 6) is 1.13. The molecule has 0 aliphatic carbocycles. The monoisotopic (exact) mass is 461 g/mol. The van der Waals surface area contributed by atoms with Gasteiger partial charge in [-0.3, -0.25) is 4.68 Å². The molecule has 5 aromatic rings. The first-order valence-corrected chi connectivity index (χ1v) is 11.4. The molecule has 6 rings (SSSR count). The predicted molar refractivity (Wildman–Crippen MR) is 127 cm³/mol. The Morgan fingerprint density at radius 2 is 2.06 bits per heavy atom. The highest BCUT2D eigenvalue weighted by molar-refractivity contribution is 7.16. The fourth-order valence-electron chi connectivity index (χ4n) is 4.05. The minimum Gasteiger partial charge on any atom is -0.485 e. The SMILES string of the molecule is Cn1cc(-c2cc(O[C@H]3CNC[C@@H]3F)c3c(Nc4ccc5ncsc5c4)ncnc3c2)cn1. The lowest BCUT2D eigenvalue weighted by Gasteiger charge is -2.19. The third-order valence-corrected chi connectivity index (χ3v) is 6.49. The lowest BCUT2D eigenvalue weighted by atomic mass is 10.1. The molecule has 0 spiro atoms. The largest absolute Gasteiger partial charge is 0.485 e. The Morgan fingerprint density at radius 1 is 1.12 bits per heavy atom. The van der Waals surface area contributed by atoms with E-state index in [0.717, 1.165) is 27.0 Å². The number of fused-ring (bicyclic) bond motifs is 2. The van der Waals surface area contributed by atoms with Crippen molar-refractivity contribution in [2.75, 3.05) is 18.4 Å². The number of nitrogens with one attached hydrogen (secondary N) is 2. The van der Waals surface area contributed by atoms with E-state index in [1.165, 1.54) is 6.33 Å². The molecule has 33 heavy (non-hydrogen) atoms. The van der Waals surface area contributed by atoms with Gasteiger partial charge in [-0.2, -0.15) is 5.10 Å². The molecule has 8 nitrogen and oxygen atoms in total. The molecule has 1 aliphatic heterocycles. The van der Waals surface area contributed by atoms with Gasteiger partial charge in [0.2, 0.25) is 0 Å². The fraction of sp³-hybridized carbons (Fsp3) is 0.217. The first-order chi connectivity index (χ1) is 16.1. The molecule has 0 radical (unpaired) electrons. The molecule has 166 valence electrons. The third kappa shape index (κ3) is 3.77. The van der Waals surface area contributed by atoms with Gasteiger partial charge < -0.3 is 15.4 Å². The fourth-order valence-corrected chi connectivity index (χ4v) is 4.77. The van der Waals surface area contributed by atoms with Crippen LogP contribution >= 0.6 is 11.3 Å². The molecule has 0 saturated carbocycles. The first kappa shape index (κ1) is 20.0. The van der Waals surface area contributed by atoms with E-state index in [9.17, 15) is 4.39 Å². The number of nitrogens with zero attached hydrogens (tertiary/aromatic N) is 5. The van der Waals surface area contributed by atoms with Crippen molar-refractivity contribution in [3.05, 3.63) is 54.6 Å². The number of ether oxygens (including phenoxy) is 1. The van der Waals surface area contributed by atoms with E-state index >= 15 is 0 Å². The minimum atomic E-state index is -1.09. The van der Waals surface area contributed by atoms with Crippen LogP contribution in [0.5, 0.6) is 5.75 Å². The lowest BCUT2D eigenvalue weighted by Crippen LogP contribution is -2.27. The molecule has 0 amide bonds. The van der Waals surface area contributed by atoms with Crippen molar-refractivity contribution >= 4 is 44.0 Å². The van der Waals surface area contributed by atoms with E-state index in [1.807, 2.05) is 49.1 Å². The van der Waals surface area contributed by atoms with Crippen molar-refractivity contribution in [2.24, 2.45) is 7.05 Å². The van der Waals surface area contributed by atoms with Crippen molar-refractivity contribution < 1.29 is 9.13 Å². The minimum absolute atomic E-state index is 0.279. The van der Waals surface area contributed by atoms with Crippen LogP contribution in [0.25, 0.3) is 32.2 Å². The standard InChI is InChI=1S/C23H20FN7OS/c1-31-10-14(7-29-31)13-4-18-22(19(5-13)32-20-9-25-8-16(20)24)23(27-11-26-18)30-15-2-3-17-21(6-15)33-12-28-17/h2-7,10-12,16,20,25H,8-9H2,1H3,(H,26,27,30)/t16-,20-/m0/s1. The van der Waals surface area contributed by atoms with Crippen LogP contribution in [0, 0.1) is 0 Å². The smallest absolute Gasteiger partial charge is 0.150 e. The van der Waals surface area contributed by atoms with Crippen LogP contribution in [0.1, 0.15) is 0 Å². The molecule has 2 atom stereocenters. The zero-order valence-electron chi connectivity index (χ0n) is 17.7. The number of alkyl halides is 1. The van der Waals surface area contributed by atoms with Gasteiger partial charge in [-0.05, 0) is 35.9 Å². The summed E-state index contributed by atoms with van der Waals surface area (Å²) < 4.78 is 23.4. The number of hydrogen-bond acceptors (Lipinski definition) is 8. The van der Waals surface area contributed by atoms with E-state index in [4.69, 9.17) is 4.74 Å². The number of rotatable bonds is 5. The molecule has 3 aromatic heterocycles. The zero-order valence-corrected chi connectivity index (χ0v) is 18.5. The van der Waals surface area contributed by atoms with Gasteiger partial charge in [0, 0.05) is 37.6 Å². The summed E-state index contributed by atoms with van der Waals surface area (Å²) in [5.41, 5.74) is 6.16. The highest BCUT2D eigenvalue weighted by Gasteiger charge is 2.29. The topological polar surface area (TPSA) is 89.8 Å². The van der Waals surface area contributed by atoms with Crippen molar-refractivity contribution in [2.45, 2.75) is 12.3 Å². The van der Waals surface area contributed by atoms with Gasteiger partial charge in [-0.25, -0.2) is 19.3 Å². The number of aryl methyl sites for hydroxylation is 1. The van der Waals surface area contributed by atoms with E-state index in [-0.39, 0.29) is 6.54 Å². The molecule has 1 fully saturated rings. The molecule has 1 aliphatic rings. The van der Waals surface area contributed by atoms with Gasteiger partial charge >= 0.3 is 0 Å². The Morgan fingerprint density at radius 3 is 2.88 bits per heavy atom. The summed E-state index contributed by atoms with van der Waals surface area (Å²) in [5, 5.41) is 11.4. The van der Waals surface area contributed by atoms with Crippen molar-refractivity contribution in [1.29, 1.82) is 0 Å². The maximum atomic E-state index is 14.4. The molecule has 4 heterocycles. The van der Waals surface area contributed by atoms with Crippen molar-refractivity contribution in [3.63, 3.8) is 0 Å². The van der Waals surface area contributed by atoms with Gasteiger partial charge in [0.1, 0.15) is 24.0 Å². The van der Waals surface area contributed by atoms with Crippen molar-refractivity contribution in [1.82, 2.24) is 30.0 Å². The zero-order chi connectivity index (χ0) is 22.4. The molecular formula is C23H20FN7OS. The van der Waals surface area contributed by atoms with Crippen LogP contribution < -0.4 is 15.4 Å². The molecule has 1 saturated heterocycles. The van der Waals surface area contributed by atoms with E-state index < -0.39 is 12.3 Å². The average Bonchev–Trinajstić information content (AvgIpc) is 3.55. The van der Waals surface area contributed by atoms with Crippen LogP contribution in [0.15, 0.2) is 54.6 Å². The summed E-state index contributed by atoms with van der Waals surface area (Å²) in [6, 6.07) is 9.83. The molecule has 0 bridgehead atoms. The Hall–Kier alpha value is -3.63. The summed E-state index contributed by atoms with van der Waals surface area (Å²) >= 11 is 1.58. The normalized spacial score (nSPS) is 18.2. The number of anilines is 2. The first-order valence-electron chi connectivity index (χ1n) is 10.5. The average molecular weight is 462 g/mol. The summed E-state index contributed by atoms with van der Waals surface area (Å²) in [6.07, 6.45) is 3.55. The van der Waals surface area contributed by atoms with Crippen LogP contribution in [-0.4, -0.2) is 50.1 Å². The Balaban J connectivity index is 1.47. The summed E-state index contributed by atoms with van der Waals surface area (Å²) in [4.78, 5) is 13.3. The second-order valence-corrected chi connectivity index (χ2v) is 8.87. The summed E-state index contributed by atoms with van der Waals surface area (Å²) in [7, 11) is 1.87. The van der Waals surface area contributed by atoms with Gasteiger partial charge in [-0.15, -0.1) is 11.3 Å². The second-order valence-electron chi connectivity index (χ2n) is 7.98. The predicted octanol–water partition coefficient (Wildman–Crippen LogP) is 4.07. The van der Waals surface area contributed by atoms with Gasteiger partial charge in [-0.1, -0.05) is 0 Å². The lowest BCUT2D eigenvalue weighted by molar-refractivity contribution is 0.142. The number of thiazole rings is 1. The molecular weight excluding hydrogens is 441 g/mol. The van der Waals surface area contributed by atoms with Crippen LogP contribution in [0.2, 0.25) is 0 Å².